The van der Waals surface area contributed by atoms with E-state index in [1.807, 2.05) is 72.8 Å². The predicted molar refractivity (Wildman–Crippen MR) is 133 cm³/mol. The van der Waals surface area contributed by atoms with Crippen molar-refractivity contribution in [3.8, 4) is 0 Å². The van der Waals surface area contributed by atoms with Gasteiger partial charge in [-0.2, -0.15) is 5.10 Å². The van der Waals surface area contributed by atoms with Crippen molar-refractivity contribution in [3.63, 3.8) is 0 Å². The number of rotatable bonds is 7. The average molecular weight is 458 g/mol. The van der Waals surface area contributed by atoms with E-state index in [0.29, 0.717) is 11.3 Å². The number of amides is 1. The summed E-state index contributed by atoms with van der Waals surface area (Å²) >= 11 is 0. The summed E-state index contributed by atoms with van der Waals surface area (Å²) in [6.45, 7) is 0.209. The highest BCUT2D eigenvalue weighted by Crippen LogP contribution is 2.21. The molecule has 1 N–H and O–H groups in total. The minimum Gasteiger partial charge on any atom is -0.267 e. The third kappa shape index (κ3) is 5.45. The van der Waals surface area contributed by atoms with E-state index >= 15 is 0 Å². The summed E-state index contributed by atoms with van der Waals surface area (Å²) in [5.74, 6) is -0.382. The van der Waals surface area contributed by atoms with Crippen molar-refractivity contribution in [2.24, 2.45) is 5.10 Å². The Hall–Kier alpha value is -3.97. The number of hydrogen-bond donors (Lipinski definition) is 1. The van der Waals surface area contributed by atoms with E-state index < -0.39 is 10.0 Å². The number of sulfonamides is 1. The minimum absolute atomic E-state index is 0.209. The van der Waals surface area contributed by atoms with Crippen LogP contribution in [0.4, 0.5) is 5.69 Å². The molecule has 0 saturated heterocycles. The normalized spacial score (nSPS) is 11.5. The molecule has 1 amide bonds. The second-order valence-corrected chi connectivity index (χ2v) is 9.48. The molecule has 0 aliphatic carbocycles. The Morgan fingerprint density at radius 3 is 2.27 bits per heavy atom. The Morgan fingerprint density at radius 1 is 0.879 bits per heavy atom. The highest BCUT2D eigenvalue weighted by atomic mass is 32.2. The van der Waals surface area contributed by atoms with E-state index in [1.165, 1.54) is 10.6 Å². The van der Waals surface area contributed by atoms with Crippen LogP contribution in [0.15, 0.2) is 102 Å². The number of fused-ring (bicyclic) bond motifs is 1. The molecule has 4 aromatic carbocycles. The Morgan fingerprint density at radius 2 is 1.55 bits per heavy atom. The van der Waals surface area contributed by atoms with Crippen molar-refractivity contribution in [2.45, 2.75) is 6.54 Å². The fraction of sp³-hybridized carbons (Fsp3) is 0.0769. The first kappa shape index (κ1) is 22.2. The van der Waals surface area contributed by atoms with Gasteiger partial charge in [-0.05, 0) is 40.6 Å². The second-order valence-electron chi connectivity index (χ2n) is 7.57. The molecule has 4 aromatic rings. The molecule has 0 bridgehead atoms. The molecule has 0 fully saturated rings. The van der Waals surface area contributed by atoms with Gasteiger partial charge in [0.25, 0.3) is 5.91 Å². The first-order valence-corrected chi connectivity index (χ1v) is 12.2. The average Bonchev–Trinajstić information content (AvgIpc) is 2.83. The van der Waals surface area contributed by atoms with E-state index in [4.69, 9.17) is 0 Å². The lowest BCUT2D eigenvalue weighted by molar-refractivity contribution is 0.0955. The van der Waals surface area contributed by atoms with Crippen LogP contribution < -0.4 is 9.73 Å². The van der Waals surface area contributed by atoms with Crippen LogP contribution in [0, 0.1) is 0 Å². The van der Waals surface area contributed by atoms with Gasteiger partial charge in [0.2, 0.25) is 10.0 Å². The third-order valence-corrected chi connectivity index (χ3v) is 6.32. The van der Waals surface area contributed by atoms with Crippen LogP contribution in [0.5, 0.6) is 0 Å². The Balaban J connectivity index is 1.47. The third-order valence-electron chi connectivity index (χ3n) is 5.18. The predicted octanol–water partition coefficient (Wildman–Crippen LogP) is 4.57. The molecule has 0 heterocycles. The zero-order chi connectivity index (χ0) is 23.3. The number of nitrogens with one attached hydrogen (secondary N) is 1. The van der Waals surface area contributed by atoms with Gasteiger partial charge < -0.3 is 0 Å². The van der Waals surface area contributed by atoms with Crippen LogP contribution in [0.25, 0.3) is 10.8 Å². The van der Waals surface area contributed by atoms with E-state index in [2.05, 4.69) is 10.5 Å². The SMILES string of the molecule is CS(=O)(=O)N(Cc1ccccc1)c1ccc(C(=O)NN=Cc2cccc3ccccc23)cc1. The van der Waals surface area contributed by atoms with Gasteiger partial charge >= 0.3 is 0 Å². The van der Waals surface area contributed by atoms with Crippen LogP contribution in [0.2, 0.25) is 0 Å². The van der Waals surface area contributed by atoms with Gasteiger partial charge in [0.1, 0.15) is 0 Å². The van der Waals surface area contributed by atoms with Crippen molar-refractivity contribution in [1.29, 1.82) is 0 Å². The summed E-state index contributed by atoms with van der Waals surface area (Å²) in [5.41, 5.74) is 5.15. The van der Waals surface area contributed by atoms with E-state index in [0.717, 1.165) is 21.9 Å². The molecule has 7 heteroatoms. The Bertz CT molecular complexity index is 1390. The molecule has 0 radical (unpaired) electrons. The minimum atomic E-state index is -3.50. The summed E-state index contributed by atoms with van der Waals surface area (Å²) in [6, 6.07) is 29.6. The number of hydrazone groups is 1. The first-order chi connectivity index (χ1) is 15.9. The monoisotopic (exact) mass is 457 g/mol. The standard InChI is InChI=1S/C26H23N3O3S/c1-33(31,32)29(19-20-8-3-2-4-9-20)24-16-14-22(15-17-24)26(30)28-27-18-23-12-7-11-21-10-5-6-13-25(21)23/h2-18H,19H2,1H3,(H,28,30). The number of hydrogen-bond acceptors (Lipinski definition) is 4. The summed E-state index contributed by atoms with van der Waals surface area (Å²) in [7, 11) is -3.50. The molecule has 33 heavy (non-hydrogen) atoms. The Labute approximate surface area is 193 Å². The van der Waals surface area contributed by atoms with Gasteiger partial charge in [0.15, 0.2) is 0 Å². The van der Waals surface area contributed by atoms with Gasteiger partial charge in [-0.1, -0.05) is 72.8 Å². The maximum absolute atomic E-state index is 12.5. The Kier molecular flexibility index (Phi) is 6.51. The maximum Gasteiger partial charge on any atom is 0.271 e. The number of carbonyl (C=O) groups is 1. The second kappa shape index (κ2) is 9.67. The summed E-state index contributed by atoms with van der Waals surface area (Å²) in [4.78, 5) is 12.5. The van der Waals surface area contributed by atoms with Crippen molar-refractivity contribution in [3.05, 3.63) is 114 Å². The largest absolute Gasteiger partial charge is 0.271 e. The number of nitrogens with zero attached hydrogens (tertiary/aromatic N) is 2. The van der Waals surface area contributed by atoms with Crippen molar-refractivity contribution < 1.29 is 13.2 Å². The lowest BCUT2D eigenvalue weighted by Crippen LogP contribution is -2.29. The van der Waals surface area contributed by atoms with Crippen molar-refractivity contribution in [2.75, 3.05) is 10.6 Å². The van der Waals surface area contributed by atoms with Crippen LogP contribution in [0.1, 0.15) is 21.5 Å². The molecule has 0 saturated carbocycles. The summed E-state index contributed by atoms with van der Waals surface area (Å²) in [5, 5.41) is 6.22. The molecule has 4 rings (SSSR count). The van der Waals surface area contributed by atoms with Gasteiger partial charge in [-0.15, -0.1) is 0 Å². The first-order valence-electron chi connectivity index (χ1n) is 10.3. The zero-order valence-corrected chi connectivity index (χ0v) is 18.9. The van der Waals surface area contributed by atoms with Crippen LogP contribution >= 0.6 is 0 Å². The summed E-state index contributed by atoms with van der Waals surface area (Å²) in [6.07, 6.45) is 2.78. The smallest absolute Gasteiger partial charge is 0.267 e. The fourth-order valence-electron chi connectivity index (χ4n) is 3.52. The fourth-order valence-corrected chi connectivity index (χ4v) is 4.40. The molecule has 0 atom stereocenters. The van der Waals surface area contributed by atoms with E-state index in [1.54, 1.807) is 30.5 Å². The molecule has 0 aliphatic rings. The lowest BCUT2D eigenvalue weighted by Gasteiger charge is -2.22. The highest BCUT2D eigenvalue weighted by molar-refractivity contribution is 7.92. The van der Waals surface area contributed by atoms with Gasteiger partial charge in [-0.25, -0.2) is 13.8 Å². The topological polar surface area (TPSA) is 78.8 Å². The number of benzene rings is 4. The molecular weight excluding hydrogens is 434 g/mol. The highest BCUT2D eigenvalue weighted by Gasteiger charge is 2.18. The van der Waals surface area contributed by atoms with Crippen molar-refractivity contribution in [1.82, 2.24) is 5.43 Å². The van der Waals surface area contributed by atoms with E-state index in [9.17, 15) is 13.2 Å². The van der Waals surface area contributed by atoms with Crippen LogP contribution in [-0.4, -0.2) is 26.8 Å². The molecule has 0 unspecified atom stereocenters. The molecule has 166 valence electrons. The van der Waals surface area contributed by atoms with Crippen molar-refractivity contribution >= 4 is 38.6 Å². The zero-order valence-electron chi connectivity index (χ0n) is 18.0. The maximum atomic E-state index is 12.5. The molecule has 0 aromatic heterocycles. The molecule has 6 nitrogen and oxygen atoms in total. The summed E-state index contributed by atoms with van der Waals surface area (Å²) < 4.78 is 26.0. The lowest BCUT2D eigenvalue weighted by atomic mass is 10.1. The van der Waals surface area contributed by atoms with Crippen LogP contribution in [-0.2, 0) is 16.6 Å². The van der Waals surface area contributed by atoms with E-state index in [-0.39, 0.29) is 12.5 Å². The molecular formula is C26H23N3O3S. The van der Waals surface area contributed by atoms with Gasteiger partial charge in [0.05, 0.1) is 24.7 Å². The van der Waals surface area contributed by atoms with Crippen LogP contribution in [0.3, 0.4) is 0 Å². The molecule has 0 aliphatic heterocycles. The number of anilines is 1. The molecule has 0 spiro atoms. The van der Waals surface area contributed by atoms with Gasteiger partial charge in [-0.3, -0.25) is 9.10 Å². The van der Waals surface area contributed by atoms with Gasteiger partial charge in [0, 0.05) is 11.1 Å². The number of carbonyl (C=O) groups excluding carboxylic acids is 1. The quantitative estimate of drug-likeness (QED) is 0.326.